The molecule has 0 radical (unpaired) electrons. The van der Waals surface area contributed by atoms with Gasteiger partial charge in [-0.1, -0.05) is 12.1 Å². The number of para-hydroxylation sites is 1. The summed E-state index contributed by atoms with van der Waals surface area (Å²) in [6, 6.07) is 11.1. The number of piperazine rings is 1. The van der Waals surface area contributed by atoms with Crippen molar-refractivity contribution in [3.8, 4) is 0 Å². The van der Waals surface area contributed by atoms with Gasteiger partial charge in [0, 0.05) is 44.7 Å². The average molecular weight is 491 g/mol. The van der Waals surface area contributed by atoms with Crippen LogP contribution in [0.5, 0.6) is 0 Å². The van der Waals surface area contributed by atoms with Gasteiger partial charge in [-0.3, -0.25) is 19.0 Å². The number of alkyl halides is 3. The molecular weight excluding hydrogens is 469 g/mol. The van der Waals surface area contributed by atoms with Gasteiger partial charge < -0.3 is 14.8 Å². The van der Waals surface area contributed by atoms with Gasteiger partial charge in [0.1, 0.15) is 0 Å². The number of hydrogen-bond acceptors (Lipinski definition) is 4. The molecule has 1 aromatic heterocycles. The van der Waals surface area contributed by atoms with E-state index in [4.69, 9.17) is 12.2 Å². The fourth-order valence-electron chi connectivity index (χ4n) is 3.91. The lowest BCUT2D eigenvalue weighted by atomic mass is 10.1. The number of halogens is 3. The van der Waals surface area contributed by atoms with E-state index in [9.17, 15) is 27.6 Å². The molecule has 4 rings (SSSR count). The maximum Gasteiger partial charge on any atom is 0.416 e. The summed E-state index contributed by atoms with van der Waals surface area (Å²) in [6.45, 7) is 1.25. The Labute approximate surface area is 197 Å². The van der Waals surface area contributed by atoms with E-state index < -0.39 is 11.7 Å². The smallest absolute Gasteiger partial charge is 0.339 e. The number of nitrogens with one attached hydrogen (secondary N) is 1. The molecule has 7 nitrogen and oxygen atoms in total. The molecule has 0 atom stereocenters. The molecule has 1 aliphatic heterocycles. The zero-order chi connectivity index (χ0) is 24.5. The first-order valence-corrected chi connectivity index (χ1v) is 11.0. The van der Waals surface area contributed by atoms with Gasteiger partial charge in [0.2, 0.25) is 5.91 Å². The van der Waals surface area contributed by atoms with E-state index in [0.29, 0.717) is 24.0 Å². The number of carbonyl (C=O) groups is 2. The van der Waals surface area contributed by atoms with Crippen LogP contribution in [-0.4, -0.2) is 57.3 Å². The third-order valence-electron chi connectivity index (χ3n) is 5.82. The molecule has 2 amide bonds. The Balaban J connectivity index is 1.34. The van der Waals surface area contributed by atoms with E-state index in [-0.39, 0.29) is 53.8 Å². The van der Waals surface area contributed by atoms with Gasteiger partial charge in [-0.15, -0.1) is 0 Å². The minimum atomic E-state index is -4.46. The van der Waals surface area contributed by atoms with Gasteiger partial charge in [0.05, 0.1) is 16.5 Å². The van der Waals surface area contributed by atoms with Crippen molar-refractivity contribution < 1.29 is 22.8 Å². The first-order valence-electron chi connectivity index (χ1n) is 10.6. The fraction of sp³-hybridized carbons (Fsp3) is 0.304. The molecule has 0 unspecified atom stereocenters. The zero-order valence-corrected chi connectivity index (χ0v) is 18.8. The third-order valence-corrected chi connectivity index (χ3v) is 6.14. The first-order chi connectivity index (χ1) is 16.1. The topological polar surface area (TPSA) is 78.4 Å². The van der Waals surface area contributed by atoms with Crippen LogP contribution in [0.1, 0.15) is 22.3 Å². The summed E-state index contributed by atoms with van der Waals surface area (Å²) < 4.78 is 39.8. The molecule has 3 aromatic rings. The predicted octanol–water partition coefficient (Wildman–Crippen LogP) is 3.45. The van der Waals surface area contributed by atoms with Crippen molar-refractivity contribution in [2.45, 2.75) is 19.1 Å². The van der Waals surface area contributed by atoms with Crippen molar-refractivity contribution >= 4 is 34.9 Å². The van der Waals surface area contributed by atoms with Crippen LogP contribution in [0.2, 0.25) is 0 Å². The molecule has 2 aromatic carbocycles. The molecule has 1 saturated heterocycles. The van der Waals surface area contributed by atoms with Crippen molar-refractivity contribution in [3.63, 3.8) is 0 Å². The van der Waals surface area contributed by atoms with Crippen LogP contribution in [0.25, 0.3) is 10.9 Å². The number of aromatic amines is 1. The molecule has 0 bridgehead atoms. The van der Waals surface area contributed by atoms with Gasteiger partial charge in [-0.25, -0.2) is 0 Å². The van der Waals surface area contributed by atoms with Crippen molar-refractivity contribution in [1.82, 2.24) is 19.4 Å². The first kappa shape index (κ1) is 23.7. The molecule has 2 heterocycles. The van der Waals surface area contributed by atoms with Crippen LogP contribution in [0.4, 0.5) is 13.2 Å². The molecule has 34 heavy (non-hydrogen) atoms. The quantitative estimate of drug-likeness (QED) is 0.569. The second kappa shape index (κ2) is 9.41. The summed E-state index contributed by atoms with van der Waals surface area (Å²) in [5.74, 6) is -0.550. The SMILES string of the molecule is O=C(CCn1c(=S)[nH]c2ccccc2c1=O)N1CCN(C(=O)c2ccc(C(F)(F)F)cc2)CC1. The van der Waals surface area contributed by atoms with Crippen LogP contribution in [-0.2, 0) is 17.5 Å². The van der Waals surface area contributed by atoms with Gasteiger partial charge in [-0.05, 0) is 48.6 Å². The number of amides is 2. The number of nitrogens with zero attached hydrogens (tertiary/aromatic N) is 3. The highest BCUT2D eigenvalue weighted by molar-refractivity contribution is 7.71. The summed E-state index contributed by atoms with van der Waals surface area (Å²) in [6.07, 6.45) is -4.39. The van der Waals surface area contributed by atoms with E-state index in [1.165, 1.54) is 9.47 Å². The highest BCUT2D eigenvalue weighted by Gasteiger charge is 2.31. The Bertz CT molecular complexity index is 1340. The van der Waals surface area contributed by atoms with Crippen LogP contribution in [0.15, 0.2) is 53.3 Å². The molecule has 178 valence electrons. The highest BCUT2D eigenvalue weighted by atomic mass is 32.1. The lowest BCUT2D eigenvalue weighted by Gasteiger charge is -2.35. The van der Waals surface area contributed by atoms with Gasteiger partial charge in [0.15, 0.2) is 4.77 Å². The Morgan fingerprint density at radius 3 is 2.21 bits per heavy atom. The second-order valence-electron chi connectivity index (χ2n) is 7.93. The van der Waals surface area contributed by atoms with Crippen molar-refractivity contribution in [1.29, 1.82) is 0 Å². The van der Waals surface area contributed by atoms with E-state index in [0.717, 1.165) is 24.3 Å². The molecular formula is C23H21F3N4O3S. The average Bonchev–Trinajstić information content (AvgIpc) is 2.83. The van der Waals surface area contributed by atoms with Crippen LogP contribution in [0, 0.1) is 4.77 Å². The van der Waals surface area contributed by atoms with Gasteiger partial charge >= 0.3 is 6.18 Å². The lowest BCUT2D eigenvalue weighted by Crippen LogP contribution is -2.50. The van der Waals surface area contributed by atoms with E-state index in [1.54, 1.807) is 29.2 Å². The Morgan fingerprint density at radius 2 is 1.56 bits per heavy atom. The molecule has 1 fully saturated rings. The third kappa shape index (κ3) is 4.89. The standard InChI is InChI=1S/C23H21F3N4O3S/c24-23(25,26)16-7-5-15(6-8-16)20(32)29-13-11-28(12-14-29)19(31)9-10-30-21(33)17-3-1-2-4-18(17)27-22(30)34/h1-8H,9-14H2,(H,27,34). The normalized spacial score (nSPS) is 14.4. The molecule has 1 aliphatic rings. The minimum absolute atomic E-state index is 0.0720. The predicted molar refractivity (Wildman–Crippen MR) is 122 cm³/mol. The fourth-order valence-corrected chi connectivity index (χ4v) is 4.20. The van der Waals surface area contributed by atoms with Gasteiger partial charge in [-0.2, -0.15) is 13.2 Å². The van der Waals surface area contributed by atoms with E-state index >= 15 is 0 Å². The molecule has 0 aliphatic carbocycles. The number of hydrogen-bond donors (Lipinski definition) is 1. The van der Waals surface area contributed by atoms with Crippen LogP contribution < -0.4 is 5.56 Å². The maximum absolute atomic E-state index is 12.7. The molecule has 0 saturated carbocycles. The Kier molecular flexibility index (Phi) is 6.56. The summed E-state index contributed by atoms with van der Waals surface area (Å²) in [4.78, 5) is 44.1. The molecule has 11 heteroatoms. The summed E-state index contributed by atoms with van der Waals surface area (Å²) in [5, 5.41) is 0.485. The largest absolute Gasteiger partial charge is 0.416 e. The minimum Gasteiger partial charge on any atom is -0.339 e. The Morgan fingerprint density at radius 1 is 0.941 bits per heavy atom. The lowest BCUT2D eigenvalue weighted by molar-refractivity contribution is -0.137. The van der Waals surface area contributed by atoms with Crippen molar-refractivity contribution in [3.05, 3.63) is 74.8 Å². The van der Waals surface area contributed by atoms with Crippen molar-refractivity contribution in [2.24, 2.45) is 0 Å². The monoisotopic (exact) mass is 490 g/mol. The molecule has 0 spiro atoms. The van der Waals surface area contributed by atoms with Crippen molar-refractivity contribution in [2.75, 3.05) is 26.2 Å². The number of H-pyrrole nitrogens is 1. The maximum atomic E-state index is 12.7. The van der Waals surface area contributed by atoms with Gasteiger partial charge in [0.25, 0.3) is 11.5 Å². The number of fused-ring (bicyclic) bond motifs is 1. The summed E-state index contributed by atoms with van der Waals surface area (Å²) in [7, 11) is 0. The zero-order valence-electron chi connectivity index (χ0n) is 18.0. The Hall–Kier alpha value is -3.47. The van der Waals surface area contributed by atoms with Crippen LogP contribution >= 0.6 is 12.2 Å². The number of rotatable bonds is 4. The second-order valence-corrected chi connectivity index (χ2v) is 8.32. The number of aromatic nitrogens is 2. The van der Waals surface area contributed by atoms with E-state index in [2.05, 4.69) is 4.98 Å². The summed E-state index contributed by atoms with van der Waals surface area (Å²) in [5.41, 5.74) is -0.282. The van der Waals surface area contributed by atoms with Crippen LogP contribution in [0.3, 0.4) is 0 Å². The molecule has 1 N–H and O–H groups in total. The van der Waals surface area contributed by atoms with E-state index in [1.807, 2.05) is 0 Å². The number of benzene rings is 2. The highest BCUT2D eigenvalue weighted by Crippen LogP contribution is 2.29. The summed E-state index contributed by atoms with van der Waals surface area (Å²) >= 11 is 5.27. The number of carbonyl (C=O) groups excluding carboxylic acids is 2.